The number of hydrogen-bond donors (Lipinski definition) is 1. The maximum Gasteiger partial charge on any atom is 0.101 e. The van der Waals surface area contributed by atoms with Crippen LogP contribution in [0.25, 0.3) is 0 Å². The standard InChI is InChI=1S/C8H9IN2/c9-7-2-1-6(5-11-7)8(10)3-4-8/h1-2,5H,3-4,10H2. The van der Waals surface area contributed by atoms with E-state index in [1.165, 1.54) is 5.56 Å². The lowest BCUT2D eigenvalue weighted by Gasteiger charge is -2.06. The van der Waals surface area contributed by atoms with Crippen LogP contribution in [0.1, 0.15) is 18.4 Å². The summed E-state index contributed by atoms with van der Waals surface area (Å²) in [7, 11) is 0. The maximum atomic E-state index is 5.98. The van der Waals surface area contributed by atoms with Crippen molar-refractivity contribution in [3.05, 3.63) is 27.6 Å². The molecule has 1 aliphatic carbocycles. The third-order valence-corrected chi connectivity index (χ3v) is 2.73. The van der Waals surface area contributed by atoms with Crippen LogP contribution in [0, 0.1) is 3.70 Å². The zero-order valence-corrected chi connectivity index (χ0v) is 8.21. The van der Waals surface area contributed by atoms with Crippen LogP contribution < -0.4 is 5.73 Å². The van der Waals surface area contributed by atoms with E-state index in [1.807, 2.05) is 12.3 Å². The minimum atomic E-state index is -0.0304. The molecule has 0 amide bonds. The lowest BCUT2D eigenvalue weighted by molar-refractivity contribution is 0.734. The average molecular weight is 260 g/mol. The fourth-order valence-electron chi connectivity index (χ4n) is 1.09. The van der Waals surface area contributed by atoms with Crippen molar-refractivity contribution in [1.82, 2.24) is 4.98 Å². The van der Waals surface area contributed by atoms with Crippen LogP contribution in [-0.4, -0.2) is 4.98 Å². The van der Waals surface area contributed by atoms with E-state index in [-0.39, 0.29) is 5.54 Å². The minimum absolute atomic E-state index is 0.0304. The second-order valence-electron chi connectivity index (χ2n) is 3.03. The molecule has 0 atom stereocenters. The molecular formula is C8H9IN2. The molecule has 2 rings (SSSR count). The molecule has 0 radical (unpaired) electrons. The SMILES string of the molecule is NC1(c2ccc(I)nc2)CC1. The molecule has 0 aliphatic heterocycles. The Morgan fingerprint density at radius 2 is 2.18 bits per heavy atom. The molecule has 0 aromatic carbocycles. The summed E-state index contributed by atoms with van der Waals surface area (Å²) >= 11 is 2.19. The first kappa shape index (κ1) is 7.49. The van der Waals surface area contributed by atoms with Gasteiger partial charge in [-0.05, 0) is 47.1 Å². The number of rotatable bonds is 1. The Morgan fingerprint density at radius 1 is 1.45 bits per heavy atom. The van der Waals surface area contributed by atoms with Gasteiger partial charge in [-0.15, -0.1) is 0 Å². The highest BCUT2D eigenvalue weighted by molar-refractivity contribution is 14.1. The van der Waals surface area contributed by atoms with Crippen molar-refractivity contribution in [3.63, 3.8) is 0 Å². The van der Waals surface area contributed by atoms with Crippen LogP contribution in [-0.2, 0) is 5.54 Å². The third kappa shape index (κ3) is 1.39. The Kier molecular flexibility index (Phi) is 1.64. The lowest BCUT2D eigenvalue weighted by atomic mass is 10.1. The number of halogens is 1. The van der Waals surface area contributed by atoms with Gasteiger partial charge in [-0.25, -0.2) is 4.98 Å². The van der Waals surface area contributed by atoms with Crippen molar-refractivity contribution in [1.29, 1.82) is 0 Å². The normalized spacial score (nSPS) is 19.8. The van der Waals surface area contributed by atoms with Gasteiger partial charge < -0.3 is 5.73 Å². The van der Waals surface area contributed by atoms with Gasteiger partial charge >= 0.3 is 0 Å². The molecule has 2 N–H and O–H groups in total. The van der Waals surface area contributed by atoms with Gasteiger partial charge in [0.25, 0.3) is 0 Å². The summed E-state index contributed by atoms with van der Waals surface area (Å²) in [6.45, 7) is 0. The van der Waals surface area contributed by atoms with Crippen LogP contribution in [0.5, 0.6) is 0 Å². The van der Waals surface area contributed by atoms with Gasteiger partial charge in [-0.2, -0.15) is 0 Å². The smallest absolute Gasteiger partial charge is 0.101 e. The summed E-state index contributed by atoms with van der Waals surface area (Å²) < 4.78 is 1.02. The number of aromatic nitrogens is 1. The molecule has 1 aliphatic rings. The van der Waals surface area contributed by atoms with Crippen molar-refractivity contribution < 1.29 is 0 Å². The third-order valence-electron chi connectivity index (χ3n) is 2.09. The zero-order valence-electron chi connectivity index (χ0n) is 6.05. The fraction of sp³-hybridized carbons (Fsp3) is 0.375. The molecule has 11 heavy (non-hydrogen) atoms. The predicted molar refractivity (Wildman–Crippen MR) is 52.1 cm³/mol. The highest BCUT2D eigenvalue weighted by atomic mass is 127. The summed E-state index contributed by atoms with van der Waals surface area (Å²) in [6.07, 6.45) is 4.10. The van der Waals surface area contributed by atoms with Gasteiger partial charge in [-0.1, -0.05) is 6.07 Å². The molecular weight excluding hydrogens is 251 g/mol. The summed E-state index contributed by atoms with van der Waals surface area (Å²) in [5.74, 6) is 0. The Hall–Kier alpha value is -0.160. The van der Waals surface area contributed by atoms with Crippen molar-refractivity contribution in [3.8, 4) is 0 Å². The molecule has 1 saturated carbocycles. The van der Waals surface area contributed by atoms with E-state index < -0.39 is 0 Å². The molecule has 2 nitrogen and oxygen atoms in total. The molecule has 1 aromatic heterocycles. The van der Waals surface area contributed by atoms with Gasteiger partial charge in [0.1, 0.15) is 3.70 Å². The monoisotopic (exact) mass is 260 g/mol. The van der Waals surface area contributed by atoms with Crippen LogP contribution in [0.3, 0.4) is 0 Å². The van der Waals surface area contributed by atoms with Crippen molar-refractivity contribution in [2.24, 2.45) is 5.73 Å². The van der Waals surface area contributed by atoms with E-state index in [2.05, 4.69) is 33.6 Å². The topological polar surface area (TPSA) is 38.9 Å². The van der Waals surface area contributed by atoms with E-state index in [9.17, 15) is 0 Å². The van der Waals surface area contributed by atoms with Gasteiger partial charge in [-0.3, -0.25) is 0 Å². The van der Waals surface area contributed by atoms with E-state index in [0.717, 1.165) is 16.5 Å². The Morgan fingerprint density at radius 3 is 2.64 bits per heavy atom. The molecule has 1 aromatic rings. The molecule has 1 heterocycles. The molecule has 0 unspecified atom stereocenters. The first-order chi connectivity index (χ1) is 5.21. The number of nitrogens with two attached hydrogens (primary N) is 1. The molecule has 0 spiro atoms. The van der Waals surface area contributed by atoms with E-state index in [4.69, 9.17) is 5.73 Å². The summed E-state index contributed by atoms with van der Waals surface area (Å²) in [5, 5.41) is 0. The Labute approximate surface area is 79.3 Å². The van der Waals surface area contributed by atoms with Gasteiger partial charge in [0.15, 0.2) is 0 Å². The van der Waals surface area contributed by atoms with E-state index >= 15 is 0 Å². The summed E-state index contributed by atoms with van der Waals surface area (Å²) in [5.41, 5.74) is 7.12. The fourth-order valence-corrected chi connectivity index (χ4v) is 1.41. The summed E-state index contributed by atoms with van der Waals surface area (Å²) in [4.78, 5) is 4.19. The zero-order chi connectivity index (χ0) is 7.90. The van der Waals surface area contributed by atoms with Crippen molar-refractivity contribution in [2.75, 3.05) is 0 Å². The first-order valence-electron chi connectivity index (χ1n) is 3.62. The first-order valence-corrected chi connectivity index (χ1v) is 4.69. The molecule has 0 bridgehead atoms. The van der Waals surface area contributed by atoms with Gasteiger partial charge in [0, 0.05) is 11.7 Å². The lowest BCUT2D eigenvalue weighted by Crippen LogP contribution is -2.18. The molecule has 1 fully saturated rings. The van der Waals surface area contributed by atoms with Crippen LogP contribution >= 0.6 is 22.6 Å². The minimum Gasteiger partial charge on any atom is -0.321 e. The van der Waals surface area contributed by atoms with Crippen molar-refractivity contribution in [2.45, 2.75) is 18.4 Å². The van der Waals surface area contributed by atoms with Gasteiger partial charge in [0.2, 0.25) is 0 Å². The average Bonchev–Trinajstić information content (AvgIpc) is 2.70. The van der Waals surface area contributed by atoms with Crippen LogP contribution in [0.15, 0.2) is 18.3 Å². The second kappa shape index (κ2) is 2.42. The van der Waals surface area contributed by atoms with Crippen LogP contribution in [0.2, 0.25) is 0 Å². The molecule has 3 heteroatoms. The number of hydrogen-bond acceptors (Lipinski definition) is 2. The highest BCUT2D eigenvalue weighted by Crippen LogP contribution is 2.42. The quantitative estimate of drug-likeness (QED) is 0.615. The van der Waals surface area contributed by atoms with Gasteiger partial charge in [0.05, 0.1) is 0 Å². The highest BCUT2D eigenvalue weighted by Gasteiger charge is 2.40. The molecule has 0 saturated heterocycles. The van der Waals surface area contributed by atoms with E-state index in [1.54, 1.807) is 0 Å². The van der Waals surface area contributed by atoms with E-state index in [0.29, 0.717) is 0 Å². The predicted octanol–water partition coefficient (Wildman–Crippen LogP) is 1.63. The van der Waals surface area contributed by atoms with Crippen LogP contribution in [0.4, 0.5) is 0 Å². The Bertz CT molecular complexity index is 264. The largest absolute Gasteiger partial charge is 0.321 e. The second-order valence-corrected chi connectivity index (χ2v) is 4.13. The number of pyridine rings is 1. The summed E-state index contributed by atoms with van der Waals surface area (Å²) in [6, 6.07) is 4.07. The number of nitrogens with zero attached hydrogens (tertiary/aromatic N) is 1. The maximum absolute atomic E-state index is 5.98. The Balaban J connectivity index is 2.33. The molecule has 58 valence electrons. The van der Waals surface area contributed by atoms with Crippen molar-refractivity contribution >= 4 is 22.6 Å².